The summed E-state index contributed by atoms with van der Waals surface area (Å²) in [5.41, 5.74) is -0.964. The summed E-state index contributed by atoms with van der Waals surface area (Å²) in [5.74, 6) is -1.82. The van der Waals surface area contributed by atoms with E-state index in [0.717, 1.165) is 12.1 Å². The van der Waals surface area contributed by atoms with Crippen molar-refractivity contribution in [1.29, 1.82) is 0 Å². The second-order valence-electron chi connectivity index (χ2n) is 3.75. The van der Waals surface area contributed by atoms with Crippen LogP contribution in [0.4, 0.5) is 0 Å². The van der Waals surface area contributed by atoms with Gasteiger partial charge in [-0.3, -0.25) is 4.79 Å². The van der Waals surface area contributed by atoms with E-state index in [1.54, 1.807) is 0 Å². The van der Waals surface area contributed by atoms with Crippen LogP contribution in [0.3, 0.4) is 0 Å². The molecule has 0 aliphatic carbocycles. The minimum absolute atomic E-state index is 0.109. The Morgan fingerprint density at radius 1 is 1.27 bits per heavy atom. The van der Waals surface area contributed by atoms with Crippen LogP contribution in [-0.4, -0.2) is 21.3 Å². The van der Waals surface area contributed by atoms with E-state index in [2.05, 4.69) is 0 Å². The van der Waals surface area contributed by atoms with Crippen molar-refractivity contribution in [2.45, 2.75) is 19.3 Å². The highest BCUT2D eigenvalue weighted by Gasteiger charge is 2.32. The number of phenols is 2. The molecule has 0 radical (unpaired) electrons. The largest absolute Gasteiger partial charge is 0.504 e. The lowest BCUT2D eigenvalue weighted by atomic mass is 9.84. The average Bonchev–Trinajstić information content (AvgIpc) is 2.10. The van der Waals surface area contributed by atoms with E-state index >= 15 is 0 Å². The summed E-state index contributed by atoms with van der Waals surface area (Å²) in [4.78, 5) is 11.0. The second kappa shape index (κ2) is 3.62. The van der Waals surface area contributed by atoms with Gasteiger partial charge in [0.15, 0.2) is 11.5 Å². The Kier molecular flexibility index (Phi) is 2.81. The highest BCUT2D eigenvalue weighted by atomic mass is 35.5. The van der Waals surface area contributed by atoms with E-state index in [9.17, 15) is 9.90 Å². The fourth-order valence-corrected chi connectivity index (χ4v) is 1.54. The maximum atomic E-state index is 11.0. The number of phenolic OH excluding ortho intramolecular Hbond substituents is 2. The molecule has 0 aliphatic heterocycles. The molecule has 0 aromatic heterocycles. The van der Waals surface area contributed by atoms with Crippen molar-refractivity contribution in [2.24, 2.45) is 0 Å². The SMILES string of the molecule is CC(C)(C(=O)O)c1cc(O)c(O)cc1Cl. The molecule has 0 bridgehead atoms. The van der Waals surface area contributed by atoms with Gasteiger partial charge in [0.25, 0.3) is 0 Å². The van der Waals surface area contributed by atoms with Crippen LogP contribution in [0, 0.1) is 0 Å². The van der Waals surface area contributed by atoms with Gasteiger partial charge in [-0.25, -0.2) is 0 Å². The van der Waals surface area contributed by atoms with E-state index in [4.69, 9.17) is 21.8 Å². The first-order chi connectivity index (χ1) is 6.76. The van der Waals surface area contributed by atoms with Crippen molar-refractivity contribution in [3.05, 3.63) is 22.7 Å². The van der Waals surface area contributed by atoms with Crippen molar-refractivity contribution >= 4 is 17.6 Å². The molecule has 0 heterocycles. The van der Waals surface area contributed by atoms with E-state index in [1.807, 2.05) is 0 Å². The monoisotopic (exact) mass is 230 g/mol. The number of carboxylic acids is 1. The summed E-state index contributed by atoms with van der Waals surface area (Å²) in [7, 11) is 0. The smallest absolute Gasteiger partial charge is 0.313 e. The molecule has 5 heteroatoms. The molecular weight excluding hydrogens is 220 g/mol. The number of aromatic hydroxyl groups is 2. The maximum absolute atomic E-state index is 11.0. The van der Waals surface area contributed by atoms with Crippen LogP contribution in [-0.2, 0) is 10.2 Å². The van der Waals surface area contributed by atoms with Gasteiger partial charge in [-0.2, -0.15) is 0 Å². The standard InChI is InChI=1S/C10H11ClO4/c1-10(2,9(14)15)5-3-7(12)8(13)4-6(5)11/h3-4,12-13H,1-2H3,(H,14,15). The lowest BCUT2D eigenvalue weighted by molar-refractivity contribution is -0.142. The predicted octanol–water partition coefficient (Wildman–Crippen LogP) is 2.11. The molecule has 0 saturated heterocycles. The lowest BCUT2D eigenvalue weighted by Gasteiger charge is -2.21. The third-order valence-corrected chi connectivity index (χ3v) is 2.58. The highest BCUT2D eigenvalue weighted by Crippen LogP contribution is 2.37. The topological polar surface area (TPSA) is 77.8 Å². The molecule has 0 amide bonds. The first-order valence-electron chi connectivity index (χ1n) is 4.22. The molecule has 3 N–H and O–H groups in total. The van der Waals surface area contributed by atoms with Crippen LogP contribution in [0.1, 0.15) is 19.4 Å². The Balaban J connectivity index is 3.38. The zero-order chi connectivity index (χ0) is 11.8. The lowest BCUT2D eigenvalue weighted by Crippen LogP contribution is -2.28. The zero-order valence-electron chi connectivity index (χ0n) is 8.28. The molecule has 15 heavy (non-hydrogen) atoms. The van der Waals surface area contributed by atoms with E-state index in [-0.39, 0.29) is 22.1 Å². The summed E-state index contributed by atoms with van der Waals surface area (Å²) < 4.78 is 0. The van der Waals surface area contributed by atoms with Crippen molar-refractivity contribution in [1.82, 2.24) is 0 Å². The third kappa shape index (κ3) is 1.99. The molecule has 1 rings (SSSR count). The number of rotatable bonds is 2. The number of hydrogen-bond donors (Lipinski definition) is 3. The molecular formula is C10H11ClO4. The highest BCUT2D eigenvalue weighted by molar-refractivity contribution is 6.32. The minimum Gasteiger partial charge on any atom is -0.504 e. The van der Waals surface area contributed by atoms with Gasteiger partial charge in [-0.15, -0.1) is 0 Å². The van der Waals surface area contributed by atoms with Gasteiger partial charge in [0.1, 0.15) is 0 Å². The van der Waals surface area contributed by atoms with Crippen molar-refractivity contribution in [3.63, 3.8) is 0 Å². The van der Waals surface area contributed by atoms with Gasteiger partial charge in [0.05, 0.1) is 5.41 Å². The van der Waals surface area contributed by atoms with E-state index in [1.165, 1.54) is 13.8 Å². The summed E-state index contributed by atoms with van der Waals surface area (Å²) in [5, 5.41) is 27.5. The van der Waals surface area contributed by atoms with Crippen LogP contribution < -0.4 is 0 Å². The second-order valence-corrected chi connectivity index (χ2v) is 4.16. The van der Waals surface area contributed by atoms with Gasteiger partial charge >= 0.3 is 5.97 Å². The molecule has 82 valence electrons. The molecule has 0 atom stereocenters. The van der Waals surface area contributed by atoms with Gasteiger partial charge < -0.3 is 15.3 Å². The molecule has 1 aromatic rings. The molecule has 0 aliphatic rings. The Hall–Kier alpha value is -1.42. The molecule has 0 saturated carbocycles. The van der Waals surface area contributed by atoms with Crippen molar-refractivity contribution < 1.29 is 20.1 Å². The average molecular weight is 231 g/mol. The van der Waals surface area contributed by atoms with Crippen LogP contribution in [0.2, 0.25) is 5.02 Å². The molecule has 0 fully saturated rings. The van der Waals surface area contributed by atoms with Crippen LogP contribution >= 0.6 is 11.6 Å². The minimum atomic E-state index is -1.22. The normalized spacial score (nSPS) is 11.4. The molecule has 1 aromatic carbocycles. The first-order valence-corrected chi connectivity index (χ1v) is 4.60. The number of benzene rings is 1. The number of carboxylic acid groups (broad SMARTS) is 1. The fraction of sp³-hybridized carbons (Fsp3) is 0.300. The molecule has 0 spiro atoms. The van der Waals surface area contributed by atoms with Crippen LogP contribution in [0.5, 0.6) is 11.5 Å². The Morgan fingerprint density at radius 2 is 1.73 bits per heavy atom. The third-order valence-electron chi connectivity index (χ3n) is 2.27. The summed E-state index contributed by atoms with van der Waals surface area (Å²) in [6.07, 6.45) is 0. The Bertz CT molecular complexity index is 412. The quantitative estimate of drug-likeness (QED) is 0.680. The number of aliphatic carboxylic acids is 1. The molecule has 0 unspecified atom stereocenters. The molecule has 4 nitrogen and oxygen atoms in total. The predicted molar refractivity (Wildman–Crippen MR) is 55.4 cm³/mol. The number of halogens is 1. The first kappa shape index (κ1) is 11.7. The van der Waals surface area contributed by atoms with E-state index in [0.29, 0.717) is 0 Å². The van der Waals surface area contributed by atoms with Crippen LogP contribution in [0.25, 0.3) is 0 Å². The van der Waals surface area contributed by atoms with Gasteiger partial charge in [-0.1, -0.05) is 11.6 Å². The number of hydrogen-bond acceptors (Lipinski definition) is 3. The van der Waals surface area contributed by atoms with Gasteiger partial charge in [0.2, 0.25) is 0 Å². The van der Waals surface area contributed by atoms with Crippen LogP contribution in [0.15, 0.2) is 12.1 Å². The fourth-order valence-electron chi connectivity index (χ4n) is 1.15. The summed E-state index contributed by atoms with van der Waals surface area (Å²) in [6, 6.07) is 2.28. The van der Waals surface area contributed by atoms with E-state index < -0.39 is 11.4 Å². The zero-order valence-corrected chi connectivity index (χ0v) is 9.04. The van der Waals surface area contributed by atoms with Crippen molar-refractivity contribution in [2.75, 3.05) is 0 Å². The van der Waals surface area contributed by atoms with Gasteiger partial charge in [0, 0.05) is 11.1 Å². The summed E-state index contributed by atoms with van der Waals surface area (Å²) in [6.45, 7) is 2.93. The Morgan fingerprint density at radius 3 is 2.20 bits per heavy atom. The summed E-state index contributed by atoms with van der Waals surface area (Å²) >= 11 is 5.80. The van der Waals surface area contributed by atoms with Crippen molar-refractivity contribution in [3.8, 4) is 11.5 Å². The maximum Gasteiger partial charge on any atom is 0.313 e. The number of carbonyl (C=O) groups is 1. The van der Waals surface area contributed by atoms with Gasteiger partial charge in [-0.05, 0) is 25.5 Å². The Labute approximate surface area is 91.7 Å².